The van der Waals surface area contributed by atoms with E-state index in [1.54, 1.807) is 0 Å². The fraction of sp³-hybridized carbons (Fsp3) is 0.909. The average molecular weight is 421 g/mol. The predicted molar refractivity (Wildman–Crippen MR) is 117 cm³/mol. The van der Waals surface area contributed by atoms with Crippen molar-refractivity contribution >= 4 is 11.9 Å². The van der Waals surface area contributed by atoms with Crippen LogP contribution in [0.4, 0.5) is 4.79 Å². The predicted octanol–water partition coefficient (Wildman–Crippen LogP) is 0.351. The molecule has 4 rings (SSSR count). The maximum absolute atomic E-state index is 12.8. The van der Waals surface area contributed by atoms with Crippen LogP contribution in [0.3, 0.4) is 0 Å². The van der Waals surface area contributed by atoms with E-state index in [0.717, 1.165) is 97.7 Å². The summed E-state index contributed by atoms with van der Waals surface area (Å²) in [5, 5.41) is 3.49. The highest BCUT2D eigenvalue weighted by atomic mass is 16.2. The molecule has 0 bridgehead atoms. The molecule has 3 amide bonds. The first kappa shape index (κ1) is 21.8. The third-order valence-corrected chi connectivity index (χ3v) is 7.59. The van der Waals surface area contributed by atoms with Gasteiger partial charge in [0.1, 0.15) is 0 Å². The Morgan fingerprint density at radius 2 is 1.47 bits per heavy atom. The molecule has 8 nitrogen and oxygen atoms in total. The number of hydrogen-bond acceptors (Lipinski definition) is 5. The summed E-state index contributed by atoms with van der Waals surface area (Å²) in [7, 11) is 2.12. The van der Waals surface area contributed by atoms with Gasteiger partial charge in [-0.1, -0.05) is 0 Å². The number of carbonyl (C=O) groups is 2. The molecule has 4 heterocycles. The maximum Gasteiger partial charge on any atom is 0.320 e. The standard InChI is InChI=1S/C22H40N6O2/c1-18(25-11-13-28(14-12-25)22(30)27-5-3-4-6-27)15-19-16-20(23-17-19)21(29)26-9-7-24(2)8-10-26/h18-20,23H,3-17H2,1-2H3. The minimum Gasteiger partial charge on any atom is -0.339 e. The number of likely N-dealkylation sites (N-methyl/N-ethyl adjacent to an activating group) is 1. The number of likely N-dealkylation sites (tertiary alicyclic amines) is 1. The van der Waals surface area contributed by atoms with Crippen molar-refractivity contribution in [2.75, 3.05) is 79.0 Å². The molecule has 1 N–H and O–H groups in total. The second-order valence-electron chi connectivity index (χ2n) is 9.78. The molecular weight excluding hydrogens is 380 g/mol. The number of urea groups is 1. The molecule has 170 valence electrons. The number of nitrogens with one attached hydrogen (secondary N) is 1. The Morgan fingerprint density at radius 3 is 2.13 bits per heavy atom. The van der Waals surface area contributed by atoms with Gasteiger partial charge >= 0.3 is 6.03 Å². The van der Waals surface area contributed by atoms with Gasteiger partial charge in [-0.2, -0.15) is 0 Å². The van der Waals surface area contributed by atoms with Crippen molar-refractivity contribution in [1.82, 2.24) is 29.8 Å². The van der Waals surface area contributed by atoms with Crippen molar-refractivity contribution in [3.05, 3.63) is 0 Å². The van der Waals surface area contributed by atoms with Crippen molar-refractivity contribution in [3.63, 3.8) is 0 Å². The Labute approximate surface area is 181 Å². The summed E-state index contributed by atoms with van der Waals surface area (Å²) in [5.74, 6) is 0.859. The van der Waals surface area contributed by atoms with Crippen LogP contribution in [-0.2, 0) is 4.79 Å². The smallest absolute Gasteiger partial charge is 0.320 e. The van der Waals surface area contributed by atoms with Crippen LogP contribution in [0.25, 0.3) is 0 Å². The summed E-state index contributed by atoms with van der Waals surface area (Å²) in [6.07, 6.45) is 4.38. The lowest BCUT2D eigenvalue weighted by Gasteiger charge is -2.40. The topological polar surface area (TPSA) is 62.4 Å². The molecule has 0 radical (unpaired) electrons. The molecule has 0 aromatic carbocycles. The molecule has 0 spiro atoms. The van der Waals surface area contributed by atoms with Crippen LogP contribution in [0.1, 0.15) is 32.6 Å². The fourth-order valence-corrected chi connectivity index (χ4v) is 5.52. The van der Waals surface area contributed by atoms with Gasteiger partial charge in [0, 0.05) is 71.5 Å². The van der Waals surface area contributed by atoms with Gasteiger partial charge in [-0.05, 0) is 52.1 Å². The highest BCUT2D eigenvalue weighted by molar-refractivity contribution is 5.82. The zero-order chi connectivity index (χ0) is 21.1. The van der Waals surface area contributed by atoms with Gasteiger partial charge in [-0.3, -0.25) is 9.69 Å². The lowest BCUT2D eigenvalue weighted by atomic mass is 9.96. The van der Waals surface area contributed by atoms with E-state index in [4.69, 9.17) is 0 Å². The molecule has 3 unspecified atom stereocenters. The zero-order valence-electron chi connectivity index (χ0n) is 18.9. The minimum absolute atomic E-state index is 0.000496. The van der Waals surface area contributed by atoms with Gasteiger partial charge in [-0.15, -0.1) is 0 Å². The van der Waals surface area contributed by atoms with Crippen molar-refractivity contribution in [2.24, 2.45) is 5.92 Å². The van der Waals surface area contributed by atoms with Gasteiger partial charge in [-0.25, -0.2) is 4.79 Å². The Kier molecular flexibility index (Phi) is 7.16. The van der Waals surface area contributed by atoms with Crippen molar-refractivity contribution in [3.8, 4) is 0 Å². The number of rotatable bonds is 4. The summed E-state index contributed by atoms with van der Waals surface area (Å²) >= 11 is 0. The molecular formula is C22H40N6O2. The first-order valence-electron chi connectivity index (χ1n) is 12.0. The Balaban J connectivity index is 1.18. The van der Waals surface area contributed by atoms with Crippen molar-refractivity contribution < 1.29 is 9.59 Å². The van der Waals surface area contributed by atoms with Gasteiger partial charge in [0.15, 0.2) is 0 Å². The van der Waals surface area contributed by atoms with Crippen LogP contribution in [-0.4, -0.2) is 128 Å². The first-order chi connectivity index (χ1) is 14.5. The Bertz CT molecular complexity index is 594. The summed E-state index contributed by atoms with van der Waals surface area (Å²) in [4.78, 5) is 36.3. The quantitative estimate of drug-likeness (QED) is 0.711. The van der Waals surface area contributed by atoms with Gasteiger partial charge < -0.3 is 24.9 Å². The van der Waals surface area contributed by atoms with E-state index in [0.29, 0.717) is 17.9 Å². The summed E-state index contributed by atoms with van der Waals surface area (Å²) in [6.45, 7) is 12.4. The van der Waals surface area contributed by atoms with Crippen LogP contribution < -0.4 is 5.32 Å². The number of nitrogens with zero attached hydrogens (tertiary/aromatic N) is 5. The van der Waals surface area contributed by atoms with Crippen LogP contribution in [0.2, 0.25) is 0 Å². The lowest BCUT2D eigenvalue weighted by molar-refractivity contribution is -0.134. The van der Waals surface area contributed by atoms with Gasteiger partial charge in [0.2, 0.25) is 5.91 Å². The summed E-state index contributed by atoms with van der Waals surface area (Å²) in [5.41, 5.74) is 0. The Morgan fingerprint density at radius 1 is 0.867 bits per heavy atom. The van der Waals surface area contributed by atoms with E-state index in [-0.39, 0.29) is 12.1 Å². The van der Waals surface area contributed by atoms with Gasteiger partial charge in [0.25, 0.3) is 0 Å². The lowest BCUT2D eigenvalue weighted by Crippen LogP contribution is -2.54. The summed E-state index contributed by atoms with van der Waals surface area (Å²) < 4.78 is 0. The van der Waals surface area contributed by atoms with E-state index in [9.17, 15) is 9.59 Å². The van der Waals surface area contributed by atoms with E-state index in [2.05, 4.69) is 29.1 Å². The van der Waals surface area contributed by atoms with Crippen LogP contribution in [0.15, 0.2) is 0 Å². The van der Waals surface area contributed by atoms with Crippen molar-refractivity contribution in [2.45, 2.75) is 44.7 Å². The molecule has 0 aliphatic carbocycles. The SMILES string of the molecule is CC(CC1CNC(C(=O)N2CCN(C)CC2)C1)N1CCN(C(=O)N2CCCC2)CC1. The molecule has 0 aromatic heterocycles. The molecule has 4 saturated heterocycles. The molecule has 3 atom stereocenters. The molecule has 0 saturated carbocycles. The molecule has 8 heteroatoms. The van der Waals surface area contributed by atoms with E-state index < -0.39 is 0 Å². The van der Waals surface area contributed by atoms with E-state index >= 15 is 0 Å². The normalized spacial score (nSPS) is 30.1. The third-order valence-electron chi connectivity index (χ3n) is 7.59. The summed E-state index contributed by atoms with van der Waals surface area (Å²) in [6, 6.07) is 0.740. The zero-order valence-corrected chi connectivity index (χ0v) is 18.9. The largest absolute Gasteiger partial charge is 0.339 e. The number of amides is 3. The van der Waals surface area contributed by atoms with Crippen LogP contribution in [0, 0.1) is 5.92 Å². The van der Waals surface area contributed by atoms with Crippen LogP contribution in [0.5, 0.6) is 0 Å². The third kappa shape index (κ3) is 5.08. The monoisotopic (exact) mass is 420 g/mol. The van der Waals surface area contributed by atoms with Crippen molar-refractivity contribution in [1.29, 1.82) is 0 Å². The first-order valence-corrected chi connectivity index (χ1v) is 12.0. The second kappa shape index (κ2) is 9.83. The number of carbonyl (C=O) groups excluding carboxylic acids is 2. The molecule has 4 aliphatic rings. The maximum atomic E-state index is 12.8. The number of piperazine rings is 2. The van der Waals surface area contributed by atoms with E-state index in [1.807, 2.05) is 14.7 Å². The van der Waals surface area contributed by atoms with E-state index in [1.165, 1.54) is 0 Å². The highest BCUT2D eigenvalue weighted by Crippen LogP contribution is 2.24. The Hall–Kier alpha value is -1.38. The highest BCUT2D eigenvalue weighted by Gasteiger charge is 2.35. The molecule has 4 fully saturated rings. The second-order valence-corrected chi connectivity index (χ2v) is 9.78. The van der Waals surface area contributed by atoms with Crippen LogP contribution >= 0.6 is 0 Å². The average Bonchev–Trinajstić information content (AvgIpc) is 3.46. The molecule has 4 aliphatic heterocycles. The minimum atomic E-state index is 0.000496. The molecule has 30 heavy (non-hydrogen) atoms. The van der Waals surface area contributed by atoms with Gasteiger partial charge in [0.05, 0.1) is 6.04 Å². The molecule has 0 aromatic rings. The fourth-order valence-electron chi connectivity index (χ4n) is 5.52. The number of hydrogen-bond donors (Lipinski definition) is 1.